The smallest absolute Gasteiger partial charge is 0.243 e. The van der Waals surface area contributed by atoms with Crippen molar-refractivity contribution in [3.63, 3.8) is 0 Å². The van der Waals surface area contributed by atoms with Crippen LogP contribution in [0.2, 0.25) is 0 Å². The first-order valence-electron chi connectivity index (χ1n) is 9.62. The maximum absolute atomic E-state index is 13.6. The van der Waals surface area contributed by atoms with Gasteiger partial charge in [-0.25, -0.2) is 27.5 Å². The largest absolute Gasteiger partial charge is 0.354 e. The van der Waals surface area contributed by atoms with Crippen LogP contribution in [-0.4, -0.2) is 58.7 Å². The van der Waals surface area contributed by atoms with Gasteiger partial charge in [0, 0.05) is 37.9 Å². The van der Waals surface area contributed by atoms with Crippen molar-refractivity contribution in [2.45, 2.75) is 25.7 Å². The molecule has 0 saturated carbocycles. The van der Waals surface area contributed by atoms with Gasteiger partial charge >= 0.3 is 0 Å². The van der Waals surface area contributed by atoms with Crippen LogP contribution in [0.3, 0.4) is 0 Å². The van der Waals surface area contributed by atoms with Gasteiger partial charge in [0.25, 0.3) is 0 Å². The number of benzene rings is 1. The van der Waals surface area contributed by atoms with Crippen LogP contribution in [0, 0.1) is 26.6 Å². The summed E-state index contributed by atoms with van der Waals surface area (Å²) in [5, 5.41) is 4.45. The van der Waals surface area contributed by atoms with E-state index in [0.29, 0.717) is 30.3 Å². The molecular weight excluding hydrogens is 407 g/mol. The molecule has 1 fully saturated rings. The molecule has 10 heteroatoms. The molecule has 0 amide bonds. The summed E-state index contributed by atoms with van der Waals surface area (Å²) in [7, 11) is -3.76. The van der Waals surface area contributed by atoms with E-state index in [4.69, 9.17) is 0 Å². The zero-order valence-corrected chi connectivity index (χ0v) is 17.9. The quantitative estimate of drug-likeness (QED) is 0.631. The Balaban J connectivity index is 1.52. The number of sulfonamides is 1. The van der Waals surface area contributed by atoms with E-state index in [1.807, 2.05) is 30.9 Å². The van der Waals surface area contributed by atoms with Gasteiger partial charge in [0.05, 0.1) is 10.6 Å². The predicted octanol–water partition coefficient (Wildman–Crippen LogP) is 2.24. The molecule has 4 rings (SSSR count). The van der Waals surface area contributed by atoms with Crippen molar-refractivity contribution in [1.82, 2.24) is 24.1 Å². The summed E-state index contributed by atoms with van der Waals surface area (Å²) in [6.45, 7) is 7.08. The SMILES string of the molecule is Cc1cc(C)n(-c2cc(N3CCN(S(=O)(=O)c4cc(F)ccc4C)CC3)ncn2)n1. The number of piperazine rings is 1. The van der Waals surface area contributed by atoms with Crippen LogP contribution in [-0.2, 0) is 10.0 Å². The Morgan fingerprint density at radius 1 is 0.933 bits per heavy atom. The van der Waals surface area contributed by atoms with Gasteiger partial charge in [0.15, 0.2) is 5.82 Å². The normalized spacial score (nSPS) is 15.5. The van der Waals surface area contributed by atoms with E-state index in [0.717, 1.165) is 17.5 Å². The molecule has 0 radical (unpaired) electrons. The molecular formula is C20H23FN6O2S. The van der Waals surface area contributed by atoms with Crippen LogP contribution < -0.4 is 4.90 Å². The Kier molecular flexibility index (Phi) is 5.29. The molecule has 1 aliphatic rings. The summed E-state index contributed by atoms with van der Waals surface area (Å²) in [5.41, 5.74) is 2.40. The Labute approximate surface area is 175 Å². The summed E-state index contributed by atoms with van der Waals surface area (Å²) < 4.78 is 42.8. The van der Waals surface area contributed by atoms with Crippen molar-refractivity contribution in [1.29, 1.82) is 0 Å². The third-order valence-corrected chi connectivity index (χ3v) is 7.24. The number of aryl methyl sites for hydroxylation is 3. The topological polar surface area (TPSA) is 84.2 Å². The third kappa shape index (κ3) is 3.80. The molecule has 0 N–H and O–H groups in total. The molecule has 8 nitrogen and oxygen atoms in total. The van der Waals surface area contributed by atoms with Crippen LogP contribution in [0.15, 0.2) is 41.6 Å². The van der Waals surface area contributed by atoms with Crippen molar-refractivity contribution in [2.24, 2.45) is 0 Å². The number of hydrogen-bond donors (Lipinski definition) is 0. The van der Waals surface area contributed by atoms with Crippen molar-refractivity contribution in [2.75, 3.05) is 31.1 Å². The van der Waals surface area contributed by atoms with Crippen LogP contribution in [0.4, 0.5) is 10.2 Å². The highest BCUT2D eigenvalue weighted by Gasteiger charge is 2.30. The van der Waals surface area contributed by atoms with Crippen LogP contribution in [0.1, 0.15) is 17.0 Å². The number of hydrogen-bond acceptors (Lipinski definition) is 6. The van der Waals surface area contributed by atoms with Crippen LogP contribution in [0.5, 0.6) is 0 Å². The molecule has 0 atom stereocenters. The summed E-state index contributed by atoms with van der Waals surface area (Å²) in [4.78, 5) is 10.7. The van der Waals surface area contributed by atoms with E-state index >= 15 is 0 Å². The fraction of sp³-hybridized carbons (Fsp3) is 0.350. The number of nitrogens with zero attached hydrogens (tertiary/aromatic N) is 6. The highest BCUT2D eigenvalue weighted by atomic mass is 32.2. The standard InChI is InChI=1S/C20H23FN6O2S/c1-14-4-5-17(21)11-18(14)30(28,29)26-8-6-25(7-9-26)19-12-20(23-13-22-19)27-16(3)10-15(2)24-27/h4-5,10-13H,6-9H2,1-3H3. The molecule has 30 heavy (non-hydrogen) atoms. The molecule has 3 heterocycles. The molecule has 1 saturated heterocycles. The Bertz CT molecular complexity index is 1190. The zero-order valence-electron chi connectivity index (χ0n) is 17.1. The first-order valence-corrected chi connectivity index (χ1v) is 11.1. The lowest BCUT2D eigenvalue weighted by Crippen LogP contribution is -2.49. The van der Waals surface area contributed by atoms with Gasteiger partial charge < -0.3 is 4.90 Å². The van der Waals surface area contributed by atoms with Crippen LogP contribution in [0.25, 0.3) is 5.82 Å². The summed E-state index contributed by atoms with van der Waals surface area (Å²) in [6.07, 6.45) is 1.49. The average Bonchev–Trinajstić information content (AvgIpc) is 3.08. The Hall–Kier alpha value is -2.85. The van der Waals surface area contributed by atoms with E-state index in [-0.39, 0.29) is 18.0 Å². The first-order chi connectivity index (χ1) is 14.3. The maximum Gasteiger partial charge on any atom is 0.243 e. The van der Waals surface area contributed by atoms with Gasteiger partial charge in [-0.05, 0) is 44.5 Å². The Morgan fingerprint density at radius 2 is 1.63 bits per heavy atom. The fourth-order valence-corrected chi connectivity index (χ4v) is 5.29. The molecule has 0 spiro atoms. The minimum Gasteiger partial charge on any atom is -0.354 e. The van der Waals surface area contributed by atoms with E-state index in [2.05, 4.69) is 15.1 Å². The lowest BCUT2D eigenvalue weighted by atomic mass is 10.2. The van der Waals surface area contributed by atoms with Crippen molar-refractivity contribution >= 4 is 15.8 Å². The van der Waals surface area contributed by atoms with E-state index in [9.17, 15) is 12.8 Å². The number of halogens is 1. The summed E-state index contributed by atoms with van der Waals surface area (Å²) in [6, 6.07) is 7.66. The molecule has 2 aromatic heterocycles. The van der Waals surface area contributed by atoms with E-state index < -0.39 is 15.8 Å². The molecule has 0 aliphatic carbocycles. The molecule has 1 aromatic carbocycles. The van der Waals surface area contributed by atoms with E-state index in [1.54, 1.807) is 11.6 Å². The molecule has 0 bridgehead atoms. The molecule has 158 valence electrons. The first kappa shape index (κ1) is 20.4. The minimum atomic E-state index is -3.76. The second kappa shape index (κ2) is 7.77. The predicted molar refractivity (Wildman–Crippen MR) is 111 cm³/mol. The second-order valence-electron chi connectivity index (χ2n) is 7.37. The van der Waals surface area contributed by atoms with Gasteiger partial charge in [-0.1, -0.05) is 6.07 Å². The van der Waals surface area contributed by atoms with Gasteiger partial charge in [-0.3, -0.25) is 0 Å². The van der Waals surface area contributed by atoms with E-state index in [1.165, 1.54) is 22.8 Å². The van der Waals surface area contributed by atoms with Crippen LogP contribution >= 0.6 is 0 Å². The average molecular weight is 431 g/mol. The highest BCUT2D eigenvalue weighted by molar-refractivity contribution is 7.89. The molecule has 3 aromatic rings. The van der Waals surface area contributed by atoms with Crippen molar-refractivity contribution < 1.29 is 12.8 Å². The van der Waals surface area contributed by atoms with Gasteiger partial charge in [-0.15, -0.1) is 0 Å². The number of rotatable bonds is 4. The fourth-order valence-electron chi connectivity index (χ4n) is 3.64. The van der Waals surface area contributed by atoms with Gasteiger partial charge in [0.2, 0.25) is 10.0 Å². The third-order valence-electron chi connectivity index (χ3n) is 5.20. The Morgan fingerprint density at radius 3 is 2.30 bits per heavy atom. The zero-order chi connectivity index (χ0) is 21.5. The van der Waals surface area contributed by atoms with Gasteiger partial charge in [-0.2, -0.15) is 9.40 Å². The van der Waals surface area contributed by atoms with Crippen molar-refractivity contribution in [3.8, 4) is 5.82 Å². The van der Waals surface area contributed by atoms with Gasteiger partial charge in [0.1, 0.15) is 18.0 Å². The molecule has 1 aliphatic heterocycles. The monoisotopic (exact) mass is 430 g/mol. The summed E-state index contributed by atoms with van der Waals surface area (Å²) in [5.74, 6) is 0.818. The highest BCUT2D eigenvalue weighted by Crippen LogP contribution is 2.24. The number of aromatic nitrogens is 4. The van der Waals surface area contributed by atoms with Crippen molar-refractivity contribution in [3.05, 3.63) is 59.4 Å². The number of anilines is 1. The lowest BCUT2D eigenvalue weighted by molar-refractivity contribution is 0.383. The summed E-state index contributed by atoms with van der Waals surface area (Å²) >= 11 is 0. The lowest BCUT2D eigenvalue weighted by Gasteiger charge is -2.34. The second-order valence-corrected chi connectivity index (χ2v) is 9.28. The molecule has 0 unspecified atom stereocenters. The minimum absolute atomic E-state index is 0.0183. The maximum atomic E-state index is 13.6.